The summed E-state index contributed by atoms with van der Waals surface area (Å²) in [6.07, 6.45) is 1.30. The fraction of sp³-hybridized carbons (Fsp3) is 0.269. The van der Waals surface area contributed by atoms with Gasteiger partial charge >= 0.3 is 0 Å². The first-order valence-electron chi connectivity index (χ1n) is 11.3. The minimum Gasteiger partial charge on any atom is -0.502 e. The number of amides is 2. The van der Waals surface area contributed by atoms with Gasteiger partial charge in [0, 0.05) is 39.4 Å². The summed E-state index contributed by atoms with van der Waals surface area (Å²) in [7, 11) is 3.22. The first-order chi connectivity index (χ1) is 16.9. The van der Waals surface area contributed by atoms with Gasteiger partial charge in [-0.15, -0.1) is 0 Å². The number of aromatic hydroxyl groups is 1. The molecule has 2 aromatic carbocycles. The first-order valence-corrected chi connectivity index (χ1v) is 11.3. The number of benzene rings is 2. The Labute approximate surface area is 203 Å². The highest BCUT2D eigenvalue weighted by Crippen LogP contribution is 2.24. The maximum atomic E-state index is 13.1. The smallest absolute Gasteiger partial charge is 0.277 e. The van der Waals surface area contributed by atoms with Gasteiger partial charge in [-0.25, -0.2) is 0 Å². The van der Waals surface area contributed by atoms with E-state index in [0.29, 0.717) is 13.2 Å². The largest absolute Gasteiger partial charge is 0.502 e. The molecule has 2 heterocycles. The normalized spacial score (nSPS) is 13.2. The van der Waals surface area contributed by atoms with E-state index < -0.39 is 23.0 Å². The summed E-state index contributed by atoms with van der Waals surface area (Å²) in [6, 6.07) is 19.5. The topological polar surface area (TPSA) is 104 Å². The lowest BCUT2D eigenvalue weighted by molar-refractivity contribution is 0.0629. The van der Waals surface area contributed by atoms with Crippen molar-refractivity contribution in [3.05, 3.63) is 99.5 Å². The van der Waals surface area contributed by atoms with E-state index in [1.54, 1.807) is 12.1 Å². The number of fused-ring (bicyclic) bond motifs is 1. The van der Waals surface area contributed by atoms with Crippen LogP contribution in [-0.4, -0.2) is 67.0 Å². The molecule has 1 aliphatic heterocycles. The van der Waals surface area contributed by atoms with Gasteiger partial charge in [0.05, 0.1) is 6.61 Å². The minimum absolute atomic E-state index is 0.131. The van der Waals surface area contributed by atoms with E-state index in [2.05, 4.69) is 5.32 Å². The molecule has 0 aliphatic carbocycles. The van der Waals surface area contributed by atoms with E-state index in [1.807, 2.05) is 60.7 Å². The van der Waals surface area contributed by atoms with Gasteiger partial charge < -0.3 is 20.1 Å². The lowest BCUT2D eigenvalue weighted by Crippen LogP contribution is -2.53. The molecule has 2 amide bonds. The molecule has 182 valence electrons. The van der Waals surface area contributed by atoms with Gasteiger partial charge in [0.25, 0.3) is 11.8 Å². The molecule has 1 aliphatic rings. The number of hydrogen-bond donors (Lipinski definition) is 2. The van der Waals surface area contributed by atoms with E-state index >= 15 is 0 Å². The molecular weight excluding hydrogens is 448 g/mol. The summed E-state index contributed by atoms with van der Waals surface area (Å²) >= 11 is 0. The Bertz CT molecular complexity index is 1220. The highest BCUT2D eigenvalue weighted by Gasteiger charge is 2.33. The molecule has 0 saturated carbocycles. The van der Waals surface area contributed by atoms with Crippen molar-refractivity contribution in [2.24, 2.45) is 0 Å². The van der Waals surface area contributed by atoms with Crippen LogP contribution in [0.3, 0.4) is 0 Å². The highest BCUT2D eigenvalue weighted by molar-refractivity contribution is 5.99. The van der Waals surface area contributed by atoms with Crippen LogP contribution in [0.4, 0.5) is 0 Å². The molecule has 0 fully saturated rings. The molecule has 35 heavy (non-hydrogen) atoms. The summed E-state index contributed by atoms with van der Waals surface area (Å²) in [6.45, 7) is 1.07. The van der Waals surface area contributed by atoms with Crippen molar-refractivity contribution in [2.45, 2.75) is 5.92 Å². The van der Waals surface area contributed by atoms with Crippen LogP contribution in [0, 0.1) is 0 Å². The van der Waals surface area contributed by atoms with Crippen molar-refractivity contribution in [2.75, 3.05) is 45.5 Å². The molecule has 0 bridgehead atoms. The van der Waals surface area contributed by atoms with Crippen LogP contribution in [0.5, 0.6) is 5.75 Å². The molecule has 3 aromatic rings. The molecule has 0 radical (unpaired) electrons. The Morgan fingerprint density at radius 1 is 1.06 bits per heavy atom. The van der Waals surface area contributed by atoms with Crippen molar-refractivity contribution in [1.82, 2.24) is 14.9 Å². The van der Waals surface area contributed by atoms with Crippen LogP contribution in [0.25, 0.3) is 0 Å². The quantitative estimate of drug-likeness (QED) is 0.513. The van der Waals surface area contributed by atoms with Crippen molar-refractivity contribution in [3.63, 3.8) is 0 Å². The van der Waals surface area contributed by atoms with Crippen molar-refractivity contribution < 1.29 is 19.4 Å². The van der Waals surface area contributed by atoms with Gasteiger partial charge in [0.1, 0.15) is 12.2 Å². The van der Waals surface area contributed by atoms with E-state index in [-0.39, 0.29) is 30.4 Å². The van der Waals surface area contributed by atoms with Gasteiger partial charge in [-0.3, -0.25) is 24.1 Å². The number of nitrogens with zero attached hydrogens (tertiary/aromatic N) is 3. The van der Waals surface area contributed by atoms with Crippen molar-refractivity contribution in [3.8, 4) is 5.75 Å². The van der Waals surface area contributed by atoms with Gasteiger partial charge in [-0.05, 0) is 11.1 Å². The predicted octanol–water partition coefficient (Wildman–Crippen LogP) is 1.74. The van der Waals surface area contributed by atoms with E-state index in [9.17, 15) is 19.5 Å². The Morgan fingerprint density at radius 2 is 1.66 bits per heavy atom. The molecule has 0 unspecified atom stereocenters. The number of pyridine rings is 1. The molecule has 1 aromatic heterocycles. The summed E-state index contributed by atoms with van der Waals surface area (Å²) < 4.78 is 6.38. The number of rotatable bonds is 8. The van der Waals surface area contributed by atoms with Crippen molar-refractivity contribution in [1.29, 1.82) is 0 Å². The Morgan fingerprint density at radius 3 is 2.23 bits per heavy atom. The maximum Gasteiger partial charge on any atom is 0.277 e. The zero-order valence-electron chi connectivity index (χ0n) is 19.7. The number of ether oxygens (including phenoxy) is 1. The molecule has 4 rings (SSSR count). The van der Waals surface area contributed by atoms with Crippen molar-refractivity contribution >= 4 is 11.8 Å². The second kappa shape index (κ2) is 10.4. The lowest BCUT2D eigenvalue weighted by Gasteiger charge is -2.37. The van der Waals surface area contributed by atoms with Crippen LogP contribution >= 0.6 is 0 Å². The van der Waals surface area contributed by atoms with Crippen LogP contribution < -0.4 is 15.8 Å². The lowest BCUT2D eigenvalue weighted by atomic mass is 9.91. The Hall–Kier alpha value is -4.11. The average molecular weight is 477 g/mol. The number of aromatic nitrogens is 1. The molecule has 0 spiro atoms. The zero-order chi connectivity index (χ0) is 24.9. The maximum absolute atomic E-state index is 13.1. The Kier molecular flexibility index (Phi) is 7.17. The van der Waals surface area contributed by atoms with Crippen LogP contribution in [-0.2, 0) is 4.74 Å². The van der Waals surface area contributed by atoms with E-state index in [1.165, 1.54) is 22.9 Å². The third-order valence-corrected chi connectivity index (χ3v) is 6.08. The summed E-state index contributed by atoms with van der Waals surface area (Å²) in [4.78, 5) is 40.3. The number of carbonyl (C=O) groups is 2. The molecule has 2 N–H and O–H groups in total. The second-order valence-corrected chi connectivity index (χ2v) is 8.36. The summed E-state index contributed by atoms with van der Waals surface area (Å²) in [5, 5.41) is 15.1. The third kappa shape index (κ3) is 4.90. The molecule has 9 nitrogen and oxygen atoms in total. The molecular formula is C26H28N4O5. The molecule has 0 saturated heterocycles. The molecule has 9 heteroatoms. The van der Waals surface area contributed by atoms with Gasteiger partial charge in [-0.1, -0.05) is 60.7 Å². The number of hydrogen-bond acceptors (Lipinski definition) is 6. The second-order valence-electron chi connectivity index (χ2n) is 8.36. The summed E-state index contributed by atoms with van der Waals surface area (Å²) in [5.74, 6) is -2.01. The van der Waals surface area contributed by atoms with E-state index in [0.717, 1.165) is 11.1 Å². The zero-order valence-corrected chi connectivity index (χ0v) is 19.7. The predicted molar refractivity (Wildman–Crippen MR) is 131 cm³/mol. The van der Waals surface area contributed by atoms with Crippen LogP contribution in [0.15, 0.2) is 71.7 Å². The average Bonchev–Trinajstić information content (AvgIpc) is 2.88. The number of methoxy groups -OCH3 is 1. The highest BCUT2D eigenvalue weighted by atomic mass is 16.5. The van der Waals surface area contributed by atoms with Gasteiger partial charge in [-0.2, -0.15) is 0 Å². The SMILES string of the molecule is COCCN1CN(C)n2cc(C(=O)NCC(c3ccccc3)c3ccccc3)c(=O)c(O)c2C1=O. The standard InChI is InChI=1S/C26H28N4O5/c1-28-17-29(13-14-35-2)26(34)22-24(32)23(31)21(16-30(22)28)25(33)27-15-20(18-9-5-3-6-10-18)19-11-7-4-8-12-19/h3-12,16,20,32H,13-15,17H2,1-2H3,(H,27,33). The molecule has 0 atom stereocenters. The number of nitrogens with one attached hydrogen (secondary N) is 1. The minimum atomic E-state index is -0.889. The van der Waals surface area contributed by atoms with Gasteiger partial charge in [0.2, 0.25) is 5.43 Å². The number of carbonyl (C=O) groups excluding carboxylic acids is 2. The first kappa shape index (κ1) is 24.0. The third-order valence-electron chi connectivity index (χ3n) is 6.08. The fourth-order valence-electron chi connectivity index (χ4n) is 4.21. The van der Waals surface area contributed by atoms with Gasteiger partial charge in [0.15, 0.2) is 11.4 Å². The van der Waals surface area contributed by atoms with Crippen LogP contribution in [0.1, 0.15) is 37.9 Å². The van der Waals surface area contributed by atoms with Crippen LogP contribution in [0.2, 0.25) is 0 Å². The summed E-state index contributed by atoms with van der Waals surface area (Å²) in [5.41, 5.74) is 0.731. The Balaban J connectivity index is 1.61. The van der Waals surface area contributed by atoms with E-state index in [4.69, 9.17) is 4.74 Å². The monoisotopic (exact) mass is 476 g/mol. The fourth-order valence-corrected chi connectivity index (χ4v) is 4.21.